The van der Waals surface area contributed by atoms with Crippen molar-refractivity contribution < 1.29 is 4.74 Å². The summed E-state index contributed by atoms with van der Waals surface area (Å²) in [5.41, 5.74) is -0.505. The van der Waals surface area contributed by atoms with E-state index in [-0.39, 0.29) is 0 Å². The van der Waals surface area contributed by atoms with Crippen molar-refractivity contribution in [2.24, 2.45) is 15.2 Å². The highest BCUT2D eigenvalue weighted by Gasteiger charge is 2.26. The molecule has 4 nitrogen and oxygen atoms in total. The number of amidine groups is 1. The molecule has 0 spiro atoms. The quantitative estimate of drug-likeness (QED) is 0.482. The van der Waals surface area contributed by atoms with Gasteiger partial charge in [0.2, 0.25) is 5.72 Å². The summed E-state index contributed by atoms with van der Waals surface area (Å²) in [7, 11) is 1.62. The molecule has 1 aliphatic heterocycles. The molecule has 0 unspecified atom stereocenters. The lowest BCUT2D eigenvalue weighted by Crippen LogP contribution is -2.17. The van der Waals surface area contributed by atoms with E-state index in [0.717, 1.165) is 0 Å². The van der Waals surface area contributed by atoms with Crippen molar-refractivity contribution in [1.82, 2.24) is 0 Å². The van der Waals surface area contributed by atoms with Crippen LogP contribution < -0.4 is 0 Å². The average Bonchev–Trinajstić information content (AvgIpc) is 2.10. The number of aliphatic imine (C=N–C) groups is 1. The average molecular weight is 127 g/mol. The van der Waals surface area contributed by atoms with Crippen LogP contribution in [0.3, 0.4) is 0 Å². The van der Waals surface area contributed by atoms with Crippen LogP contribution in [0.15, 0.2) is 15.2 Å². The number of nitrogens with zero attached hydrogens (tertiary/aromatic N) is 3. The highest BCUT2D eigenvalue weighted by Crippen LogP contribution is 2.18. The standard InChI is InChI=1S/C5H9N3O/c1-5(2)8-7-4(6-3)9-5/h1-3H3. The summed E-state index contributed by atoms with van der Waals surface area (Å²) in [5, 5.41) is 7.45. The van der Waals surface area contributed by atoms with Gasteiger partial charge in [0.05, 0.1) is 0 Å². The minimum atomic E-state index is -0.505. The van der Waals surface area contributed by atoms with Crippen molar-refractivity contribution in [2.75, 3.05) is 7.05 Å². The lowest BCUT2D eigenvalue weighted by Gasteiger charge is -2.10. The molecule has 0 N–H and O–H groups in total. The van der Waals surface area contributed by atoms with Crippen LogP contribution in [0.2, 0.25) is 0 Å². The molecular formula is C5H9N3O. The molecule has 0 aromatic carbocycles. The smallest absolute Gasteiger partial charge is 0.332 e. The Bertz CT molecular complexity index is 171. The van der Waals surface area contributed by atoms with Gasteiger partial charge in [0.15, 0.2) is 0 Å². The van der Waals surface area contributed by atoms with E-state index in [9.17, 15) is 0 Å². The number of hydrogen-bond donors (Lipinski definition) is 0. The van der Waals surface area contributed by atoms with Gasteiger partial charge in [-0.25, -0.2) is 4.99 Å². The second-order valence-electron chi connectivity index (χ2n) is 2.25. The zero-order chi connectivity index (χ0) is 6.91. The van der Waals surface area contributed by atoms with E-state index in [2.05, 4.69) is 15.2 Å². The van der Waals surface area contributed by atoms with E-state index in [1.807, 2.05) is 13.8 Å². The van der Waals surface area contributed by atoms with Gasteiger partial charge in [-0.2, -0.15) is 0 Å². The fraction of sp³-hybridized carbons (Fsp3) is 0.800. The Labute approximate surface area is 53.6 Å². The third kappa shape index (κ3) is 1.25. The Hall–Kier alpha value is -0.930. The highest BCUT2D eigenvalue weighted by molar-refractivity contribution is 5.75. The molecule has 1 heterocycles. The Balaban J connectivity index is 2.71. The van der Waals surface area contributed by atoms with Crippen LogP contribution in [-0.4, -0.2) is 18.8 Å². The predicted octanol–water partition coefficient (Wildman–Crippen LogP) is 1.19. The van der Waals surface area contributed by atoms with E-state index in [1.54, 1.807) is 7.05 Å². The lowest BCUT2D eigenvalue weighted by molar-refractivity contribution is 0.122. The molecule has 0 saturated heterocycles. The van der Waals surface area contributed by atoms with Crippen molar-refractivity contribution in [3.8, 4) is 0 Å². The molecule has 0 atom stereocenters. The van der Waals surface area contributed by atoms with Crippen molar-refractivity contribution in [1.29, 1.82) is 0 Å². The summed E-state index contributed by atoms with van der Waals surface area (Å²) in [5.74, 6) is 0. The second kappa shape index (κ2) is 1.79. The largest absolute Gasteiger partial charge is 0.433 e. The van der Waals surface area contributed by atoms with Crippen molar-refractivity contribution in [3.05, 3.63) is 0 Å². The fourth-order valence-electron chi connectivity index (χ4n) is 0.518. The molecule has 0 bridgehead atoms. The van der Waals surface area contributed by atoms with Crippen LogP contribution in [0.1, 0.15) is 13.8 Å². The summed E-state index contributed by atoms with van der Waals surface area (Å²) < 4.78 is 5.11. The summed E-state index contributed by atoms with van der Waals surface area (Å²) in [6, 6.07) is 0.361. The maximum atomic E-state index is 5.11. The second-order valence-corrected chi connectivity index (χ2v) is 2.25. The number of rotatable bonds is 0. The SMILES string of the molecule is CN=C1N=NC(C)(C)O1. The first-order valence-corrected chi connectivity index (χ1v) is 2.73. The van der Waals surface area contributed by atoms with E-state index in [1.165, 1.54) is 0 Å². The van der Waals surface area contributed by atoms with Gasteiger partial charge in [-0.3, -0.25) is 0 Å². The van der Waals surface area contributed by atoms with Gasteiger partial charge in [0, 0.05) is 7.05 Å². The van der Waals surface area contributed by atoms with E-state index in [0.29, 0.717) is 6.02 Å². The Kier molecular flexibility index (Phi) is 1.23. The van der Waals surface area contributed by atoms with Crippen LogP contribution in [-0.2, 0) is 4.74 Å². The van der Waals surface area contributed by atoms with Gasteiger partial charge in [0.1, 0.15) is 0 Å². The Morgan fingerprint density at radius 1 is 1.56 bits per heavy atom. The molecule has 1 aliphatic rings. The van der Waals surface area contributed by atoms with E-state index < -0.39 is 5.72 Å². The molecule has 50 valence electrons. The first kappa shape index (κ1) is 6.19. The minimum Gasteiger partial charge on any atom is -0.433 e. The fourth-order valence-corrected chi connectivity index (χ4v) is 0.518. The molecule has 0 saturated carbocycles. The molecule has 0 fully saturated rings. The molecule has 4 heteroatoms. The van der Waals surface area contributed by atoms with Crippen LogP contribution >= 0.6 is 0 Å². The summed E-state index contributed by atoms with van der Waals surface area (Å²) in [6.07, 6.45) is 0. The predicted molar refractivity (Wildman–Crippen MR) is 33.4 cm³/mol. The van der Waals surface area contributed by atoms with Gasteiger partial charge in [-0.05, 0) is 13.8 Å². The summed E-state index contributed by atoms with van der Waals surface area (Å²) in [4.78, 5) is 3.72. The highest BCUT2D eigenvalue weighted by atomic mass is 16.5. The lowest BCUT2D eigenvalue weighted by atomic mass is 10.3. The monoisotopic (exact) mass is 127 g/mol. The zero-order valence-electron chi connectivity index (χ0n) is 5.75. The van der Waals surface area contributed by atoms with Crippen LogP contribution in [0.4, 0.5) is 0 Å². The van der Waals surface area contributed by atoms with Gasteiger partial charge in [-0.15, -0.1) is 5.11 Å². The third-order valence-electron chi connectivity index (χ3n) is 0.909. The minimum absolute atomic E-state index is 0.361. The molecule has 0 aliphatic carbocycles. The number of ether oxygens (including phenoxy) is 1. The molecule has 0 radical (unpaired) electrons. The van der Waals surface area contributed by atoms with Gasteiger partial charge in [0.25, 0.3) is 0 Å². The molecular weight excluding hydrogens is 118 g/mol. The number of azo groups is 1. The molecule has 0 aromatic rings. The Morgan fingerprint density at radius 2 is 2.22 bits per heavy atom. The molecule has 0 amide bonds. The zero-order valence-corrected chi connectivity index (χ0v) is 5.75. The van der Waals surface area contributed by atoms with E-state index >= 15 is 0 Å². The third-order valence-corrected chi connectivity index (χ3v) is 0.909. The van der Waals surface area contributed by atoms with E-state index in [4.69, 9.17) is 4.74 Å². The van der Waals surface area contributed by atoms with Crippen molar-refractivity contribution >= 4 is 6.02 Å². The molecule has 0 aromatic heterocycles. The normalized spacial score (nSPS) is 26.8. The van der Waals surface area contributed by atoms with Crippen molar-refractivity contribution in [2.45, 2.75) is 19.6 Å². The van der Waals surface area contributed by atoms with Gasteiger partial charge < -0.3 is 4.74 Å². The number of hydrogen-bond acceptors (Lipinski definition) is 3. The first-order chi connectivity index (χ1) is 4.14. The van der Waals surface area contributed by atoms with Crippen LogP contribution in [0.5, 0.6) is 0 Å². The van der Waals surface area contributed by atoms with Crippen LogP contribution in [0, 0.1) is 0 Å². The maximum absolute atomic E-state index is 5.11. The molecule has 1 rings (SSSR count). The van der Waals surface area contributed by atoms with Gasteiger partial charge >= 0.3 is 6.02 Å². The molecule has 9 heavy (non-hydrogen) atoms. The Morgan fingerprint density at radius 3 is 2.44 bits per heavy atom. The first-order valence-electron chi connectivity index (χ1n) is 2.73. The summed E-state index contributed by atoms with van der Waals surface area (Å²) >= 11 is 0. The van der Waals surface area contributed by atoms with Gasteiger partial charge in [-0.1, -0.05) is 5.11 Å². The van der Waals surface area contributed by atoms with Crippen LogP contribution in [0.25, 0.3) is 0 Å². The topological polar surface area (TPSA) is 46.3 Å². The van der Waals surface area contributed by atoms with Crippen molar-refractivity contribution in [3.63, 3.8) is 0 Å². The summed E-state index contributed by atoms with van der Waals surface area (Å²) in [6.45, 7) is 3.66. The maximum Gasteiger partial charge on any atom is 0.332 e.